The van der Waals surface area contributed by atoms with Crippen molar-refractivity contribution in [3.8, 4) is 0 Å². The number of likely N-dealkylation sites (tertiary alicyclic amines) is 1. The number of anilines is 1. The maximum Gasteiger partial charge on any atom is 0.268 e. The van der Waals surface area contributed by atoms with E-state index in [-0.39, 0.29) is 17.4 Å². The minimum Gasteiger partial charge on any atom is -0.310 e. The Kier molecular flexibility index (Phi) is 5.20. The number of rotatable bonds is 4. The molecule has 1 fully saturated rings. The Balaban J connectivity index is 1.41. The van der Waals surface area contributed by atoms with E-state index in [4.69, 9.17) is 11.6 Å². The van der Waals surface area contributed by atoms with Crippen LogP contribution in [0.4, 0.5) is 5.82 Å². The Morgan fingerprint density at radius 3 is 3.11 bits per heavy atom. The molecule has 9 heteroatoms. The number of H-pyrrole nitrogens is 1. The molecule has 7 nitrogen and oxygen atoms in total. The molecule has 1 aliphatic heterocycles. The second-order valence-corrected chi connectivity index (χ2v) is 7.93. The number of nitrogens with one attached hydrogen (secondary N) is 2. The molecule has 4 rings (SSSR count). The van der Waals surface area contributed by atoms with E-state index in [0.717, 1.165) is 24.9 Å². The molecular formula is C18H18ClN5O2S. The molecule has 1 atom stereocenters. The van der Waals surface area contributed by atoms with Crippen LogP contribution in [0.5, 0.6) is 0 Å². The zero-order valence-electron chi connectivity index (χ0n) is 14.4. The third-order valence-corrected chi connectivity index (χ3v) is 5.72. The second-order valence-electron chi connectivity index (χ2n) is 6.57. The van der Waals surface area contributed by atoms with Crippen molar-refractivity contribution in [3.63, 3.8) is 0 Å². The molecular weight excluding hydrogens is 386 g/mol. The van der Waals surface area contributed by atoms with E-state index in [9.17, 15) is 9.59 Å². The Morgan fingerprint density at radius 2 is 2.30 bits per heavy atom. The van der Waals surface area contributed by atoms with Crippen molar-refractivity contribution in [1.29, 1.82) is 0 Å². The number of carbonyl (C=O) groups is 1. The molecule has 0 aliphatic carbocycles. The van der Waals surface area contributed by atoms with E-state index in [1.54, 1.807) is 12.1 Å². The number of hydrogen-bond acceptors (Lipinski definition) is 6. The number of halogens is 1. The molecule has 1 amide bonds. The largest absolute Gasteiger partial charge is 0.310 e. The van der Waals surface area contributed by atoms with Crippen LogP contribution in [0.1, 0.15) is 18.7 Å². The quantitative estimate of drug-likeness (QED) is 0.699. The Labute approximate surface area is 164 Å². The van der Waals surface area contributed by atoms with Crippen LogP contribution in [-0.2, 0) is 11.3 Å². The normalized spacial score (nSPS) is 17.9. The summed E-state index contributed by atoms with van der Waals surface area (Å²) in [6.07, 6.45) is 3.24. The first-order valence-corrected chi connectivity index (χ1v) is 9.95. The molecule has 140 valence electrons. The van der Waals surface area contributed by atoms with E-state index < -0.39 is 0 Å². The summed E-state index contributed by atoms with van der Waals surface area (Å²) in [5.74, 6) is 0.943. The number of amides is 1. The van der Waals surface area contributed by atoms with Gasteiger partial charge in [-0.05, 0) is 43.0 Å². The fraction of sp³-hybridized carbons (Fsp3) is 0.333. The summed E-state index contributed by atoms with van der Waals surface area (Å²) < 4.78 is 0.644. The predicted molar refractivity (Wildman–Crippen MR) is 106 cm³/mol. The highest BCUT2D eigenvalue weighted by Crippen LogP contribution is 2.20. The number of aromatic amines is 1. The smallest absolute Gasteiger partial charge is 0.268 e. The van der Waals surface area contributed by atoms with Gasteiger partial charge in [-0.25, -0.2) is 9.97 Å². The first kappa shape index (κ1) is 18.1. The van der Waals surface area contributed by atoms with Crippen molar-refractivity contribution >= 4 is 44.9 Å². The fourth-order valence-electron chi connectivity index (χ4n) is 3.30. The van der Waals surface area contributed by atoms with Gasteiger partial charge < -0.3 is 10.3 Å². The molecule has 1 unspecified atom stereocenters. The van der Waals surface area contributed by atoms with Gasteiger partial charge in [0.1, 0.15) is 16.3 Å². The lowest BCUT2D eigenvalue weighted by Gasteiger charge is -2.31. The summed E-state index contributed by atoms with van der Waals surface area (Å²) in [6.45, 7) is 2.00. The lowest BCUT2D eigenvalue weighted by atomic mass is 9.97. The molecule has 0 saturated carbocycles. The predicted octanol–water partition coefficient (Wildman–Crippen LogP) is 2.88. The number of carbonyl (C=O) groups excluding carboxylic acids is 1. The van der Waals surface area contributed by atoms with Crippen molar-refractivity contribution in [2.45, 2.75) is 19.4 Å². The summed E-state index contributed by atoms with van der Waals surface area (Å²) in [6, 6.07) is 5.23. The van der Waals surface area contributed by atoms with Gasteiger partial charge in [-0.1, -0.05) is 11.6 Å². The molecule has 2 N–H and O–H groups in total. The number of nitrogens with zero attached hydrogens (tertiary/aromatic N) is 3. The Hall–Kier alpha value is -2.29. The molecule has 4 heterocycles. The first-order chi connectivity index (χ1) is 13.1. The van der Waals surface area contributed by atoms with Crippen molar-refractivity contribution in [1.82, 2.24) is 19.9 Å². The number of piperidine rings is 1. The number of fused-ring (bicyclic) bond motifs is 1. The lowest BCUT2D eigenvalue weighted by molar-refractivity contribution is -0.121. The highest BCUT2D eigenvalue weighted by atomic mass is 35.5. The monoisotopic (exact) mass is 403 g/mol. The summed E-state index contributed by atoms with van der Waals surface area (Å²) in [4.78, 5) is 38.3. The maximum atomic E-state index is 12.6. The van der Waals surface area contributed by atoms with Crippen LogP contribution in [0.2, 0.25) is 5.02 Å². The molecule has 0 bridgehead atoms. The topological polar surface area (TPSA) is 91.0 Å². The fourth-order valence-corrected chi connectivity index (χ4v) is 4.14. The van der Waals surface area contributed by atoms with Crippen molar-refractivity contribution in [2.24, 2.45) is 5.92 Å². The van der Waals surface area contributed by atoms with E-state index in [1.807, 2.05) is 11.4 Å². The number of hydrogen-bond donors (Lipinski definition) is 2. The van der Waals surface area contributed by atoms with Crippen LogP contribution in [0, 0.1) is 5.92 Å². The van der Waals surface area contributed by atoms with Crippen molar-refractivity contribution in [2.75, 3.05) is 18.4 Å². The summed E-state index contributed by atoms with van der Waals surface area (Å²) >= 11 is 7.21. The van der Waals surface area contributed by atoms with Gasteiger partial charge in [0.15, 0.2) is 0 Å². The van der Waals surface area contributed by atoms with Crippen LogP contribution in [0.25, 0.3) is 10.2 Å². The standard InChI is InChI=1S/C18H18ClN5O2S/c19-12-3-4-14(20-8-12)22-17(25)11-2-1-6-24(9-11)10-15-21-13-5-7-27-16(13)18(26)23-15/h3-5,7-8,11H,1-2,6,9-10H2,(H,20,22,25)(H,21,23,26). The van der Waals surface area contributed by atoms with Gasteiger partial charge in [0.25, 0.3) is 5.56 Å². The molecule has 0 radical (unpaired) electrons. The van der Waals surface area contributed by atoms with Gasteiger partial charge >= 0.3 is 0 Å². The molecule has 1 aliphatic rings. The van der Waals surface area contributed by atoms with Gasteiger partial charge in [-0.15, -0.1) is 11.3 Å². The molecule has 3 aromatic heterocycles. The molecule has 1 saturated heterocycles. The molecule has 27 heavy (non-hydrogen) atoms. The van der Waals surface area contributed by atoms with Gasteiger partial charge in [0.2, 0.25) is 5.91 Å². The molecule has 0 aromatic carbocycles. The highest BCUT2D eigenvalue weighted by molar-refractivity contribution is 7.17. The van der Waals surface area contributed by atoms with E-state index in [0.29, 0.717) is 34.5 Å². The third kappa shape index (κ3) is 4.18. The first-order valence-electron chi connectivity index (χ1n) is 8.69. The van der Waals surface area contributed by atoms with Crippen LogP contribution >= 0.6 is 22.9 Å². The SMILES string of the molecule is O=C(Nc1ccc(Cl)cn1)C1CCCN(Cc2nc3ccsc3c(=O)[nH]2)C1. The Morgan fingerprint density at radius 1 is 1.41 bits per heavy atom. The van der Waals surface area contributed by atoms with E-state index in [2.05, 4.69) is 25.2 Å². The molecule has 3 aromatic rings. The lowest BCUT2D eigenvalue weighted by Crippen LogP contribution is -2.40. The van der Waals surface area contributed by atoms with Crippen molar-refractivity contribution in [3.05, 3.63) is 51.0 Å². The average molecular weight is 404 g/mol. The van der Waals surface area contributed by atoms with Crippen LogP contribution in [-0.4, -0.2) is 38.8 Å². The van der Waals surface area contributed by atoms with Crippen LogP contribution in [0.15, 0.2) is 34.6 Å². The van der Waals surface area contributed by atoms with Crippen LogP contribution in [0.3, 0.4) is 0 Å². The second kappa shape index (κ2) is 7.75. The number of aromatic nitrogens is 3. The van der Waals surface area contributed by atoms with Gasteiger partial charge in [-0.3, -0.25) is 14.5 Å². The molecule has 0 spiro atoms. The minimum atomic E-state index is -0.132. The minimum absolute atomic E-state index is 0.0516. The number of pyridine rings is 1. The van der Waals surface area contributed by atoms with Crippen molar-refractivity contribution < 1.29 is 4.79 Å². The summed E-state index contributed by atoms with van der Waals surface area (Å²) in [5, 5.41) is 5.24. The Bertz CT molecular complexity index is 1020. The zero-order valence-corrected chi connectivity index (χ0v) is 16.0. The van der Waals surface area contributed by atoms with Gasteiger partial charge in [0.05, 0.1) is 23.0 Å². The van der Waals surface area contributed by atoms with Crippen LogP contribution < -0.4 is 10.9 Å². The van der Waals surface area contributed by atoms with Gasteiger partial charge in [-0.2, -0.15) is 0 Å². The number of thiophene rings is 1. The highest BCUT2D eigenvalue weighted by Gasteiger charge is 2.26. The van der Waals surface area contributed by atoms with E-state index >= 15 is 0 Å². The average Bonchev–Trinajstić information content (AvgIpc) is 3.13. The summed E-state index contributed by atoms with van der Waals surface area (Å²) in [5.41, 5.74) is 0.615. The zero-order chi connectivity index (χ0) is 18.8. The maximum absolute atomic E-state index is 12.6. The summed E-state index contributed by atoms with van der Waals surface area (Å²) in [7, 11) is 0. The van der Waals surface area contributed by atoms with E-state index in [1.165, 1.54) is 17.5 Å². The third-order valence-electron chi connectivity index (χ3n) is 4.59. The van der Waals surface area contributed by atoms with Gasteiger partial charge in [0, 0.05) is 12.7 Å².